The predicted octanol–water partition coefficient (Wildman–Crippen LogP) is 2.10. The lowest BCUT2D eigenvalue weighted by molar-refractivity contribution is 0.0389. The summed E-state index contributed by atoms with van der Waals surface area (Å²) in [7, 11) is 2.02. The first-order valence-corrected chi connectivity index (χ1v) is 7.61. The monoisotopic (exact) mass is 318 g/mol. The summed E-state index contributed by atoms with van der Waals surface area (Å²) in [6, 6.07) is 5.31. The normalized spacial score (nSPS) is 22.5. The van der Waals surface area contributed by atoms with Gasteiger partial charge in [-0.05, 0) is 33.0 Å². The van der Waals surface area contributed by atoms with Gasteiger partial charge in [0.25, 0.3) is 5.91 Å². The Morgan fingerprint density at radius 1 is 1.22 bits per heavy atom. The van der Waals surface area contributed by atoms with Crippen molar-refractivity contribution in [3.8, 4) is 0 Å². The number of fused-ring (bicyclic) bond motifs is 1. The molecule has 2 aromatic rings. The zero-order valence-electron chi connectivity index (χ0n) is 13.4. The standard InChI is InChI=1S/C17H19FN2O3/c1-10-8-20(9-11(2)19(10)3)17(22)16-7-14(21)13-5-4-12(18)6-15(13)23-16/h4-7,10-11H,8-9H2,1-3H3/t10-,11+. The van der Waals surface area contributed by atoms with Crippen molar-refractivity contribution in [2.24, 2.45) is 0 Å². The fourth-order valence-electron chi connectivity index (χ4n) is 2.96. The van der Waals surface area contributed by atoms with Crippen LogP contribution in [0.4, 0.5) is 4.39 Å². The van der Waals surface area contributed by atoms with Gasteiger partial charge in [0.05, 0.1) is 5.39 Å². The maximum Gasteiger partial charge on any atom is 0.289 e. The SMILES string of the molecule is C[C@@H]1CN(C(=O)c2cc(=O)c3ccc(F)cc3o2)C[C@H](C)N1C. The molecule has 1 aromatic carbocycles. The minimum Gasteiger partial charge on any atom is -0.451 e. The van der Waals surface area contributed by atoms with Gasteiger partial charge in [0, 0.05) is 37.3 Å². The molecule has 0 spiro atoms. The van der Waals surface area contributed by atoms with Gasteiger partial charge in [-0.3, -0.25) is 14.5 Å². The van der Waals surface area contributed by atoms with Gasteiger partial charge in [-0.15, -0.1) is 0 Å². The summed E-state index contributed by atoms with van der Waals surface area (Å²) in [4.78, 5) is 28.7. The van der Waals surface area contributed by atoms with Crippen molar-refractivity contribution in [1.29, 1.82) is 0 Å². The first-order chi connectivity index (χ1) is 10.9. The van der Waals surface area contributed by atoms with Crippen LogP contribution in [0.5, 0.6) is 0 Å². The summed E-state index contributed by atoms with van der Waals surface area (Å²) in [5.41, 5.74) is -0.249. The summed E-state index contributed by atoms with van der Waals surface area (Å²) in [6.45, 7) is 5.21. The van der Waals surface area contributed by atoms with Gasteiger partial charge in [0.2, 0.25) is 0 Å². The Morgan fingerprint density at radius 2 is 1.87 bits per heavy atom. The minimum absolute atomic E-state index is 0.0444. The summed E-state index contributed by atoms with van der Waals surface area (Å²) < 4.78 is 18.8. The summed E-state index contributed by atoms with van der Waals surface area (Å²) in [6.07, 6.45) is 0. The van der Waals surface area contributed by atoms with Gasteiger partial charge in [-0.1, -0.05) is 0 Å². The number of carbonyl (C=O) groups is 1. The highest BCUT2D eigenvalue weighted by atomic mass is 19.1. The maximum atomic E-state index is 13.3. The van der Waals surface area contributed by atoms with E-state index in [9.17, 15) is 14.0 Å². The Bertz CT molecular complexity index is 805. The van der Waals surface area contributed by atoms with Crippen molar-refractivity contribution in [3.63, 3.8) is 0 Å². The molecule has 122 valence electrons. The Kier molecular flexibility index (Phi) is 3.93. The van der Waals surface area contributed by atoms with E-state index in [-0.39, 0.29) is 40.1 Å². The number of likely N-dealkylation sites (N-methyl/N-ethyl adjacent to an activating group) is 1. The molecule has 6 heteroatoms. The van der Waals surface area contributed by atoms with Crippen LogP contribution in [-0.4, -0.2) is 47.9 Å². The molecule has 1 aromatic heterocycles. The van der Waals surface area contributed by atoms with Crippen molar-refractivity contribution in [2.75, 3.05) is 20.1 Å². The number of nitrogens with zero attached hydrogens (tertiary/aromatic N) is 2. The van der Waals surface area contributed by atoms with Crippen LogP contribution >= 0.6 is 0 Å². The molecular weight excluding hydrogens is 299 g/mol. The Morgan fingerprint density at radius 3 is 2.52 bits per heavy atom. The van der Waals surface area contributed by atoms with Crippen LogP contribution in [0.3, 0.4) is 0 Å². The summed E-state index contributed by atoms with van der Waals surface area (Å²) in [5.74, 6) is -0.885. The molecule has 5 nitrogen and oxygen atoms in total. The number of hydrogen-bond acceptors (Lipinski definition) is 4. The number of piperazine rings is 1. The molecule has 0 bridgehead atoms. The maximum absolute atomic E-state index is 13.3. The zero-order chi connectivity index (χ0) is 16.7. The second kappa shape index (κ2) is 5.77. The number of carbonyl (C=O) groups excluding carboxylic acids is 1. The molecule has 1 aliphatic rings. The van der Waals surface area contributed by atoms with Crippen molar-refractivity contribution in [1.82, 2.24) is 9.80 Å². The Balaban J connectivity index is 1.96. The third kappa shape index (κ3) is 2.86. The van der Waals surface area contributed by atoms with Crippen LogP contribution in [0.15, 0.2) is 33.5 Å². The van der Waals surface area contributed by atoms with Gasteiger partial charge in [0.1, 0.15) is 11.4 Å². The van der Waals surface area contributed by atoms with Crippen LogP contribution in [0.1, 0.15) is 24.4 Å². The van der Waals surface area contributed by atoms with E-state index in [1.54, 1.807) is 4.90 Å². The topological polar surface area (TPSA) is 53.8 Å². The first-order valence-electron chi connectivity index (χ1n) is 7.61. The number of benzene rings is 1. The third-order valence-electron chi connectivity index (χ3n) is 4.55. The Hall–Kier alpha value is -2.21. The van der Waals surface area contributed by atoms with Crippen molar-refractivity contribution in [3.05, 3.63) is 46.1 Å². The number of halogens is 1. The van der Waals surface area contributed by atoms with Crippen LogP contribution in [-0.2, 0) is 0 Å². The van der Waals surface area contributed by atoms with Crippen molar-refractivity contribution in [2.45, 2.75) is 25.9 Å². The second-order valence-electron chi connectivity index (χ2n) is 6.19. The molecule has 1 saturated heterocycles. The highest BCUT2D eigenvalue weighted by Gasteiger charge is 2.31. The number of rotatable bonds is 1. The van der Waals surface area contributed by atoms with Crippen molar-refractivity contribution < 1.29 is 13.6 Å². The van der Waals surface area contributed by atoms with E-state index in [1.165, 1.54) is 18.2 Å². The highest BCUT2D eigenvalue weighted by Crippen LogP contribution is 2.18. The highest BCUT2D eigenvalue weighted by molar-refractivity contribution is 5.93. The lowest BCUT2D eigenvalue weighted by atomic mass is 10.1. The van der Waals surface area contributed by atoms with Gasteiger partial charge in [-0.2, -0.15) is 0 Å². The average Bonchev–Trinajstić information content (AvgIpc) is 2.50. The van der Waals surface area contributed by atoms with Crippen LogP contribution in [0, 0.1) is 5.82 Å². The van der Waals surface area contributed by atoms with Crippen LogP contribution in [0.25, 0.3) is 11.0 Å². The van der Waals surface area contributed by atoms with Crippen LogP contribution < -0.4 is 5.43 Å². The third-order valence-corrected chi connectivity index (χ3v) is 4.55. The lowest BCUT2D eigenvalue weighted by Crippen LogP contribution is -2.56. The minimum atomic E-state index is -0.507. The van der Waals surface area contributed by atoms with E-state index in [2.05, 4.69) is 4.90 Å². The van der Waals surface area contributed by atoms with Crippen molar-refractivity contribution >= 4 is 16.9 Å². The molecule has 1 fully saturated rings. The molecule has 23 heavy (non-hydrogen) atoms. The smallest absolute Gasteiger partial charge is 0.289 e. The molecular formula is C17H19FN2O3. The van der Waals surface area contributed by atoms with E-state index >= 15 is 0 Å². The average molecular weight is 318 g/mol. The van der Waals surface area contributed by atoms with E-state index in [0.29, 0.717) is 13.1 Å². The molecule has 0 N–H and O–H groups in total. The van der Waals surface area contributed by atoms with Gasteiger partial charge >= 0.3 is 0 Å². The molecule has 2 atom stereocenters. The fourth-order valence-corrected chi connectivity index (χ4v) is 2.96. The first kappa shape index (κ1) is 15.7. The molecule has 0 saturated carbocycles. The summed E-state index contributed by atoms with van der Waals surface area (Å²) >= 11 is 0. The molecule has 0 radical (unpaired) electrons. The predicted molar refractivity (Wildman–Crippen MR) is 85.0 cm³/mol. The molecule has 3 rings (SSSR count). The molecule has 1 amide bonds. The van der Waals surface area contributed by atoms with E-state index in [4.69, 9.17) is 4.42 Å². The molecule has 1 aliphatic heterocycles. The zero-order valence-corrected chi connectivity index (χ0v) is 13.4. The lowest BCUT2D eigenvalue weighted by Gasteiger charge is -2.42. The van der Waals surface area contributed by atoms with Crippen LogP contribution in [0.2, 0.25) is 0 Å². The molecule has 2 heterocycles. The van der Waals surface area contributed by atoms with Gasteiger partial charge in [-0.25, -0.2) is 4.39 Å². The summed E-state index contributed by atoms with van der Waals surface area (Å²) in [5, 5.41) is 0.267. The second-order valence-corrected chi connectivity index (χ2v) is 6.19. The number of amides is 1. The Labute approximate surface area is 133 Å². The van der Waals surface area contributed by atoms with E-state index in [1.807, 2.05) is 20.9 Å². The van der Waals surface area contributed by atoms with Gasteiger partial charge < -0.3 is 9.32 Å². The number of hydrogen-bond donors (Lipinski definition) is 0. The largest absolute Gasteiger partial charge is 0.451 e. The quantitative estimate of drug-likeness (QED) is 0.808. The van der Waals surface area contributed by atoms with E-state index < -0.39 is 5.82 Å². The fraction of sp³-hybridized carbons (Fsp3) is 0.412. The van der Waals surface area contributed by atoms with E-state index in [0.717, 1.165) is 6.07 Å². The molecule has 0 aliphatic carbocycles. The molecule has 0 unspecified atom stereocenters. The van der Waals surface area contributed by atoms with Gasteiger partial charge in [0.15, 0.2) is 11.2 Å².